The second-order valence-electron chi connectivity index (χ2n) is 4.04. The van der Waals surface area contributed by atoms with E-state index in [-0.39, 0.29) is 5.82 Å². The van der Waals surface area contributed by atoms with Crippen LogP contribution in [0, 0.1) is 19.7 Å². The van der Waals surface area contributed by atoms with Crippen LogP contribution >= 0.6 is 0 Å². The number of hydrogen-bond acceptors (Lipinski definition) is 2. The summed E-state index contributed by atoms with van der Waals surface area (Å²) in [4.78, 5) is 4.38. The summed E-state index contributed by atoms with van der Waals surface area (Å²) in [6.45, 7) is 4.32. The predicted molar refractivity (Wildman–Crippen MR) is 67.4 cm³/mol. The number of anilines is 1. The van der Waals surface area contributed by atoms with E-state index in [1.54, 1.807) is 13.0 Å². The Labute approximate surface area is 101 Å². The molecule has 0 bridgehead atoms. The molecule has 1 aromatic heterocycles. The van der Waals surface area contributed by atoms with Gasteiger partial charge in [-0.05, 0) is 38.1 Å². The Morgan fingerprint density at radius 1 is 1.12 bits per heavy atom. The molecule has 0 atom stereocenters. The van der Waals surface area contributed by atoms with Crippen LogP contribution in [0.4, 0.5) is 10.1 Å². The predicted octanol–water partition coefficient (Wildman–Crippen LogP) is 3.45. The van der Waals surface area contributed by atoms with Crippen LogP contribution < -0.4 is 5.32 Å². The molecule has 2 aromatic rings. The van der Waals surface area contributed by atoms with Crippen molar-refractivity contribution in [3.63, 3.8) is 0 Å². The first-order valence-corrected chi connectivity index (χ1v) is 5.58. The Morgan fingerprint density at radius 2 is 1.88 bits per heavy atom. The average molecular weight is 230 g/mol. The molecule has 0 aliphatic heterocycles. The van der Waals surface area contributed by atoms with Gasteiger partial charge >= 0.3 is 0 Å². The SMILES string of the molecule is Cc1cccc(CNc2cccc(F)c2C)n1. The Bertz CT molecular complexity index is 523. The first kappa shape index (κ1) is 11.6. The highest BCUT2D eigenvalue weighted by molar-refractivity contribution is 5.51. The van der Waals surface area contributed by atoms with E-state index in [1.807, 2.05) is 31.2 Å². The third-order valence-electron chi connectivity index (χ3n) is 2.67. The highest BCUT2D eigenvalue weighted by Crippen LogP contribution is 2.17. The lowest BCUT2D eigenvalue weighted by atomic mass is 10.2. The summed E-state index contributed by atoms with van der Waals surface area (Å²) in [7, 11) is 0. The third-order valence-corrected chi connectivity index (χ3v) is 2.67. The van der Waals surface area contributed by atoms with Crippen molar-refractivity contribution in [2.24, 2.45) is 0 Å². The van der Waals surface area contributed by atoms with Crippen molar-refractivity contribution in [2.45, 2.75) is 20.4 Å². The van der Waals surface area contributed by atoms with Crippen LogP contribution in [0.15, 0.2) is 36.4 Å². The van der Waals surface area contributed by atoms with Gasteiger partial charge in [-0.3, -0.25) is 4.98 Å². The maximum atomic E-state index is 13.3. The van der Waals surface area contributed by atoms with E-state index in [4.69, 9.17) is 0 Å². The molecule has 1 aromatic carbocycles. The van der Waals surface area contributed by atoms with E-state index >= 15 is 0 Å². The molecule has 0 saturated heterocycles. The summed E-state index contributed by atoms with van der Waals surface area (Å²) in [6, 6.07) is 10.9. The minimum Gasteiger partial charge on any atom is -0.379 e. The van der Waals surface area contributed by atoms with Gasteiger partial charge in [0.2, 0.25) is 0 Å². The second-order valence-corrected chi connectivity index (χ2v) is 4.04. The van der Waals surface area contributed by atoms with Crippen LogP contribution in [-0.2, 0) is 6.54 Å². The van der Waals surface area contributed by atoms with Crippen molar-refractivity contribution in [1.29, 1.82) is 0 Å². The lowest BCUT2D eigenvalue weighted by molar-refractivity contribution is 0.619. The van der Waals surface area contributed by atoms with Crippen LogP contribution in [0.1, 0.15) is 17.0 Å². The van der Waals surface area contributed by atoms with E-state index in [9.17, 15) is 4.39 Å². The smallest absolute Gasteiger partial charge is 0.128 e. The topological polar surface area (TPSA) is 24.9 Å². The Balaban J connectivity index is 2.10. The zero-order valence-corrected chi connectivity index (χ0v) is 10.00. The van der Waals surface area contributed by atoms with E-state index in [0.717, 1.165) is 17.1 Å². The molecule has 0 unspecified atom stereocenters. The Hall–Kier alpha value is -1.90. The molecule has 1 N–H and O–H groups in total. The summed E-state index contributed by atoms with van der Waals surface area (Å²) in [5.41, 5.74) is 3.39. The number of nitrogens with zero attached hydrogens (tertiary/aromatic N) is 1. The molecule has 0 spiro atoms. The minimum atomic E-state index is -0.188. The van der Waals surface area contributed by atoms with Gasteiger partial charge in [-0.1, -0.05) is 12.1 Å². The fraction of sp³-hybridized carbons (Fsp3) is 0.214. The molecule has 0 aliphatic rings. The van der Waals surface area contributed by atoms with Crippen molar-refractivity contribution in [2.75, 3.05) is 5.32 Å². The summed E-state index contributed by atoms with van der Waals surface area (Å²) < 4.78 is 13.3. The van der Waals surface area contributed by atoms with Gasteiger partial charge in [-0.2, -0.15) is 0 Å². The first-order valence-electron chi connectivity index (χ1n) is 5.58. The van der Waals surface area contributed by atoms with Crippen LogP contribution in [0.3, 0.4) is 0 Å². The number of nitrogens with one attached hydrogen (secondary N) is 1. The summed E-state index contributed by atoms with van der Waals surface area (Å²) in [5, 5.41) is 3.19. The van der Waals surface area contributed by atoms with Crippen LogP contribution in [0.2, 0.25) is 0 Å². The molecule has 0 amide bonds. The van der Waals surface area contributed by atoms with Gasteiger partial charge in [0, 0.05) is 16.9 Å². The van der Waals surface area contributed by atoms with E-state index < -0.39 is 0 Å². The van der Waals surface area contributed by atoms with Gasteiger partial charge in [-0.25, -0.2) is 4.39 Å². The fourth-order valence-corrected chi connectivity index (χ4v) is 1.68. The zero-order valence-electron chi connectivity index (χ0n) is 10.00. The number of benzene rings is 1. The minimum absolute atomic E-state index is 0.188. The zero-order chi connectivity index (χ0) is 12.3. The van der Waals surface area contributed by atoms with E-state index in [0.29, 0.717) is 12.1 Å². The van der Waals surface area contributed by atoms with E-state index in [2.05, 4.69) is 10.3 Å². The molecule has 0 radical (unpaired) electrons. The van der Waals surface area contributed by atoms with Crippen molar-refractivity contribution in [3.05, 3.63) is 59.2 Å². The fourth-order valence-electron chi connectivity index (χ4n) is 1.68. The van der Waals surface area contributed by atoms with Crippen LogP contribution in [0.5, 0.6) is 0 Å². The third kappa shape index (κ3) is 2.81. The van der Waals surface area contributed by atoms with Crippen molar-refractivity contribution in [1.82, 2.24) is 4.98 Å². The first-order chi connectivity index (χ1) is 8.16. The molecule has 0 saturated carbocycles. The average Bonchev–Trinajstić information content (AvgIpc) is 2.31. The van der Waals surface area contributed by atoms with Gasteiger partial charge in [0.25, 0.3) is 0 Å². The summed E-state index contributed by atoms with van der Waals surface area (Å²) in [6.07, 6.45) is 0. The number of aryl methyl sites for hydroxylation is 1. The number of halogens is 1. The molecule has 2 nitrogen and oxygen atoms in total. The van der Waals surface area contributed by atoms with E-state index in [1.165, 1.54) is 6.07 Å². The normalized spacial score (nSPS) is 10.3. The maximum Gasteiger partial charge on any atom is 0.128 e. The molecular formula is C14H15FN2. The molecule has 88 valence electrons. The van der Waals surface area contributed by atoms with Gasteiger partial charge in [0.1, 0.15) is 5.82 Å². The molecule has 1 heterocycles. The molecule has 0 fully saturated rings. The quantitative estimate of drug-likeness (QED) is 0.873. The van der Waals surface area contributed by atoms with Crippen LogP contribution in [-0.4, -0.2) is 4.98 Å². The molecule has 2 rings (SSSR count). The number of aromatic nitrogens is 1. The highest BCUT2D eigenvalue weighted by atomic mass is 19.1. The Kier molecular flexibility index (Phi) is 3.38. The van der Waals surface area contributed by atoms with Gasteiger partial charge < -0.3 is 5.32 Å². The largest absolute Gasteiger partial charge is 0.379 e. The monoisotopic (exact) mass is 230 g/mol. The summed E-state index contributed by atoms with van der Waals surface area (Å²) >= 11 is 0. The van der Waals surface area contributed by atoms with Gasteiger partial charge in [0.05, 0.1) is 12.2 Å². The second kappa shape index (κ2) is 4.95. The highest BCUT2D eigenvalue weighted by Gasteiger charge is 2.03. The summed E-state index contributed by atoms with van der Waals surface area (Å²) in [5.74, 6) is -0.188. The number of rotatable bonds is 3. The van der Waals surface area contributed by atoms with Crippen molar-refractivity contribution in [3.8, 4) is 0 Å². The maximum absolute atomic E-state index is 13.3. The standard InChI is InChI=1S/C14H15FN2/c1-10-5-3-6-12(17-10)9-16-14-8-4-7-13(15)11(14)2/h3-8,16H,9H2,1-2H3. The lowest BCUT2D eigenvalue weighted by Crippen LogP contribution is -2.04. The van der Waals surface area contributed by atoms with Crippen LogP contribution in [0.25, 0.3) is 0 Å². The molecular weight excluding hydrogens is 215 g/mol. The molecule has 17 heavy (non-hydrogen) atoms. The molecule has 0 aliphatic carbocycles. The van der Waals surface area contributed by atoms with Gasteiger partial charge in [0.15, 0.2) is 0 Å². The lowest BCUT2D eigenvalue weighted by Gasteiger charge is -2.09. The Morgan fingerprint density at radius 3 is 2.65 bits per heavy atom. The van der Waals surface area contributed by atoms with Crippen molar-refractivity contribution < 1.29 is 4.39 Å². The molecule has 3 heteroatoms. The van der Waals surface area contributed by atoms with Crippen molar-refractivity contribution >= 4 is 5.69 Å². The number of hydrogen-bond donors (Lipinski definition) is 1. The van der Waals surface area contributed by atoms with Gasteiger partial charge in [-0.15, -0.1) is 0 Å². The number of pyridine rings is 1.